The van der Waals surface area contributed by atoms with E-state index in [0.717, 1.165) is 25.7 Å². The molecular weight excluding hydrogens is 240 g/mol. The predicted molar refractivity (Wildman–Crippen MR) is 76.8 cm³/mol. The molecule has 0 saturated heterocycles. The van der Waals surface area contributed by atoms with Crippen molar-refractivity contribution >= 4 is 5.97 Å². The third-order valence-electron chi connectivity index (χ3n) is 4.37. The van der Waals surface area contributed by atoms with E-state index in [1.54, 1.807) is 0 Å². The highest BCUT2D eigenvalue weighted by atomic mass is 16.5. The van der Waals surface area contributed by atoms with Gasteiger partial charge in [0.15, 0.2) is 0 Å². The Labute approximate surface area is 117 Å². The quantitative estimate of drug-likeness (QED) is 0.777. The van der Waals surface area contributed by atoms with Crippen LogP contribution in [0.15, 0.2) is 0 Å². The molecule has 1 fully saturated rings. The van der Waals surface area contributed by atoms with Gasteiger partial charge in [0.05, 0.1) is 18.6 Å². The van der Waals surface area contributed by atoms with Crippen LogP contribution >= 0.6 is 0 Å². The molecule has 3 unspecified atom stereocenters. The van der Waals surface area contributed by atoms with Crippen molar-refractivity contribution in [2.45, 2.75) is 71.8 Å². The molecule has 0 aromatic carbocycles. The maximum atomic E-state index is 12.1. The van der Waals surface area contributed by atoms with Gasteiger partial charge in [-0.15, -0.1) is 0 Å². The third-order valence-corrected chi connectivity index (χ3v) is 4.37. The number of methoxy groups -OCH3 is 1. The summed E-state index contributed by atoms with van der Waals surface area (Å²) in [6, 6.07) is 0. The van der Waals surface area contributed by atoms with Gasteiger partial charge in [0.2, 0.25) is 0 Å². The Morgan fingerprint density at radius 3 is 2.53 bits per heavy atom. The molecule has 1 aliphatic rings. The highest BCUT2D eigenvalue weighted by Gasteiger charge is 2.49. The first kappa shape index (κ1) is 16.5. The molecule has 0 aromatic rings. The molecule has 0 aliphatic heterocycles. The van der Waals surface area contributed by atoms with Crippen LogP contribution < -0.4 is 0 Å². The van der Waals surface area contributed by atoms with Gasteiger partial charge in [-0.2, -0.15) is 0 Å². The number of carbonyl (C=O) groups is 1. The molecule has 1 N–H and O–H groups in total. The Balaban J connectivity index is 2.93. The normalized spacial score (nSPS) is 31.8. The van der Waals surface area contributed by atoms with Gasteiger partial charge in [-0.25, -0.2) is 0 Å². The lowest BCUT2D eigenvalue weighted by molar-refractivity contribution is -0.165. The minimum atomic E-state index is -0.899. The van der Waals surface area contributed by atoms with E-state index in [4.69, 9.17) is 4.74 Å². The van der Waals surface area contributed by atoms with Gasteiger partial charge >= 0.3 is 5.97 Å². The molecule has 3 nitrogen and oxygen atoms in total. The van der Waals surface area contributed by atoms with Crippen molar-refractivity contribution in [3.05, 3.63) is 0 Å². The van der Waals surface area contributed by atoms with E-state index < -0.39 is 5.60 Å². The van der Waals surface area contributed by atoms with E-state index in [2.05, 4.69) is 27.7 Å². The topological polar surface area (TPSA) is 46.5 Å². The maximum absolute atomic E-state index is 12.1. The monoisotopic (exact) mass is 270 g/mol. The van der Waals surface area contributed by atoms with Crippen molar-refractivity contribution in [3.8, 4) is 0 Å². The molecule has 0 heterocycles. The van der Waals surface area contributed by atoms with Crippen LogP contribution in [0.3, 0.4) is 0 Å². The SMILES string of the molecule is CCCCC(C(=O)OC)C1(O)CC(C)CC(C)(C)C1. The molecule has 112 valence electrons. The average Bonchev–Trinajstić information content (AvgIpc) is 2.25. The van der Waals surface area contributed by atoms with Crippen LogP contribution in [-0.4, -0.2) is 23.8 Å². The second-order valence-corrected chi connectivity index (χ2v) is 7.18. The first-order valence-electron chi connectivity index (χ1n) is 7.54. The molecule has 1 aliphatic carbocycles. The van der Waals surface area contributed by atoms with Crippen molar-refractivity contribution in [2.75, 3.05) is 7.11 Å². The number of aliphatic hydroxyl groups is 1. The van der Waals surface area contributed by atoms with Crippen LogP contribution in [0, 0.1) is 17.3 Å². The summed E-state index contributed by atoms with van der Waals surface area (Å²) in [4.78, 5) is 12.1. The zero-order valence-electron chi connectivity index (χ0n) is 13.2. The standard InChI is InChI=1S/C16H30O3/c1-6-7-8-13(14(17)19-5)16(18)10-12(2)9-15(3,4)11-16/h12-13,18H,6-11H2,1-5H3. The van der Waals surface area contributed by atoms with Crippen molar-refractivity contribution in [2.24, 2.45) is 17.3 Å². The number of esters is 1. The number of hydrogen-bond donors (Lipinski definition) is 1. The van der Waals surface area contributed by atoms with Crippen LogP contribution in [0.5, 0.6) is 0 Å². The zero-order valence-corrected chi connectivity index (χ0v) is 13.2. The van der Waals surface area contributed by atoms with E-state index in [9.17, 15) is 9.90 Å². The summed E-state index contributed by atoms with van der Waals surface area (Å²) in [5.41, 5.74) is -0.811. The first-order valence-corrected chi connectivity index (χ1v) is 7.54. The average molecular weight is 270 g/mol. The van der Waals surface area contributed by atoms with E-state index in [0.29, 0.717) is 18.8 Å². The molecule has 3 heteroatoms. The van der Waals surface area contributed by atoms with E-state index in [-0.39, 0.29) is 17.3 Å². The second kappa shape index (κ2) is 6.25. The van der Waals surface area contributed by atoms with E-state index in [1.807, 2.05) is 0 Å². The Hall–Kier alpha value is -0.570. The molecule has 0 spiro atoms. The van der Waals surface area contributed by atoms with Gasteiger partial charge in [0.1, 0.15) is 0 Å². The van der Waals surface area contributed by atoms with Crippen LogP contribution in [0.1, 0.15) is 66.2 Å². The third kappa shape index (κ3) is 4.20. The minimum Gasteiger partial charge on any atom is -0.469 e. The molecule has 0 radical (unpaired) electrons. The fourth-order valence-corrected chi connectivity index (χ4v) is 4.01. The van der Waals surface area contributed by atoms with Gasteiger partial charge in [-0.05, 0) is 37.0 Å². The summed E-state index contributed by atoms with van der Waals surface area (Å²) in [5.74, 6) is -0.178. The summed E-state index contributed by atoms with van der Waals surface area (Å²) in [5, 5.41) is 11.1. The van der Waals surface area contributed by atoms with Gasteiger partial charge < -0.3 is 9.84 Å². The van der Waals surface area contributed by atoms with Crippen LogP contribution in [0.2, 0.25) is 0 Å². The predicted octanol–water partition coefficient (Wildman–Crippen LogP) is 3.54. The molecule has 3 atom stereocenters. The largest absolute Gasteiger partial charge is 0.469 e. The van der Waals surface area contributed by atoms with Gasteiger partial charge in [0.25, 0.3) is 0 Å². The number of hydrogen-bond acceptors (Lipinski definition) is 3. The smallest absolute Gasteiger partial charge is 0.311 e. The summed E-state index contributed by atoms with van der Waals surface area (Å²) >= 11 is 0. The molecule has 19 heavy (non-hydrogen) atoms. The highest BCUT2D eigenvalue weighted by Crippen LogP contribution is 2.48. The molecule has 0 bridgehead atoms. The van der Waals surface area contributed by atoms with E-state index in [1.165, 1.54) is 7.11 Å². The molecule has 0 amide bonds. The Morgan fingerprint density at radius 2 is 2.05 bits per heavy atom. The molecule has 1 rings (SSSR count). The lowest BCUT2D eigenvalue weighted by Gasteiger charge is -2.47. The maximum Gasteiger partial charge on any atom is 0.311 e. The Morgan fingerprint density at radius 1 is 1.42 bits per heavy atom. The summed E-state index contributed by atoms with van der Waals surface area (Å²) in [6.45, 7) is 8.63. The van der Waals surface area contributed by atoms with E-state index >= 15 is 0 Å². The van der Waals surface area contributed by atoms with Crippen LogP contribution in [0.25, 0.3) is 0 Å². The van der Waals surface area contributed by atoms with Crippen LogP contribution in [-0.2, 0) is 9.53 Å². The van der Waals surface area contributed by atoms with Crippen molar-refractivity contribution in [1.29, 1.82) is 0 Å². The van der Waals surface area contributed by atoms with Gasteiger partial charge in [-0.1, -0.05) is 40.5 Å². The Kier molecular flexibility index (Phi) is 5.43. The first-order chi connectivity index (χ1) is 8.74. The summed E-state index contributed by atoms with van der Waals surface area (Å²) < 4.78 is 4.93. The van der Waals surface area contributed by atoms with Crippen molar-refractivity contribution in [1.82, 2.24) is 0 Å². The lowest BCUT2D eigenvalue weighted by Crippen LogP contribution is -2.50. The van der Waals surface area contributed by atoms with Crippen molar-refractivity contribution < 1.29 is 14.6 Å². The van der Waals surface area contributed by atoms with Crippen molar-refractivity contribution in [3.63, 3.8) is 0 Å². The Bertz CT molecular complexity index is 311. The fourth-order valence-electron chi connectivity index (χ4n) is 4.01. The number of rotatable bonds is 5. The second-order valence-electron chi connectivity index (χ2n) is 7.18. The number of carbonyl (C=O) groups excluding carboxylic acids is 1. The highest BCUT2D eigenvalue weighted by molar-refractivity contribution is 5.73. The number of unbranched alkanes of at least 4 members (excludes halogenated alkanes) is 1. The summed E-state index contributed by atoms with van der Waals surface area (Å²) in [7, 11) is 1.42. The fraction of sp³-hybridized carbons (Fsp3) is 0.938. The van der Waals surface area contributed by atoms with Gasteiger partial charge in [-0.3, -0.25) is 4.79 Å². The number of ether oxygens (including phenoxy) is 1. The van der Waals surface area contributed by atoms with Crippen LogP contribution in [0.4, 0.5) is 0 Å². The zero-order chi connectivity index (χ0) is 14.7. The minimum absolute atomic E-state index is 0.0882. The lowest BCUT2D eigenvalue weighted by atomic mass is 9.61. The molecule has 1 saturated carbocycles. The molecule has 0 aromatic heterocycles. The molecular formula is C16H30O3. The summed E-state index contributed by atoms with van der Waals surface area (Å²) in [6.07, 6.45) is 5.21. The van der Waals surface area contributed by atoms with Gasteiger partial charge in [0, 0.05) is 0 Å².